The molecule has 1 spiro atoms. The van der Waals surface area contributed by atoms with Crippen LogP contribution in [0.4, 0.5) is 0 Å². The largest absolute Gasteiger partial charge is 0.507 e. The molecule has 3 aliphatic carbocycles. The van der Waals surface area contributed by atoms with Crippen LogP contribution in [-0.4, -0.2) is 34.7 Å². The average molecular weight is 381 g/mol. The molecule has 0 aromatic heterocycles. The number of ketones is 3. The second-order valence-corrected chi connectivity index (χ2v) is 7.91. The lowest BCUT2D eigenvalue weighted by Gasteiger charge is -2.38. The maximum atomic E-state index is 13.4. The van der Waals surface area contributed by atoms with Crippen molar-refractivity contribution in [2.75, 3.05) is 6.54 Å². The Morgan fingerprint density at radius 2 is 1.93 bits per heavy atom. The first-order valence-electron chi connectivity index (χ1n) is 9.55. The third kappa shape index (κ3) is 1.85. The third-order valence-electron chi connectivity index (χ3n) is 6.50. The summed E-state index contributed by atoms with van der Waals surface area (Å²) in [5.41, 5.74) is 1.82. The molecule has 1 heterocycles. The van der Waals surface area contributed by atoms with Gasteiger partial charge >= 0.3 is 0 Å². The first-order chi connectivity index (χ1) is 14.0. The molecule has 5 heteroatoms. The molecule has 29 heavy (non-hydrogen) atoms. The van der Waals surface area contributed by atoms with Gasteiger partial charge in [0, 0.05) is 22.9 Å². The number of hydrogen-bond donors (Lipinski definition) is 1. The smallest absolute Gasteiger partial charge is 0.230 e. The zero-order valence-corrected chi connectivity index (χ0v) is 15.4. The Morgan fingerprint density at radius 1 is 1.10 bits per heavy atom. The number of phenolic OH excluding ortho intramolecular Hbond substituents is 1. The van der Waals surface area contributed by atoms with Gasteiger partial charge in [0.2, 0.25) is 11.6 Å². The van der Waals surface area contributed by atoms with E-state index >= 15 is 0 Å². The number of benzene rings is 2. The maximum Gasteiger partial charge on any atom is 0.230 e. The van der Waals surface area contributed by atoms with Crippen molar-refractivity contribution in [2.45, 2.75) is 12.8 Å². The summed E-state index contributed by atoms with van der Waals surface area (Å²) in [5, 5.41) is 12.4. The quantitative estimate of drug-likeness (QED) is 0.710. The molecule has 4 aliphatic rings. The lowest BCUT2D eigenvalue weighted by atomic mass is 9.59. The van der Waals surface area contributed by atoms with E-state index in [0.717, 1.165) is 5.57 Å². The highest BCUT2D eigenvalue weighted by Crippen LogP contribution is 2.53. The molecular formula is C24H15NO4. The van der Waals surface area contributed by atoms with Crippen molar-refractivity contribution in [1.29, 1.82) is 0 Å². The Balaban J connectivity index is 1.64. The molecule has 0 amide bonds. The van der Waals surface area contributed by atoms with Crippen LogP contribution in [0.15, 0.2) is 70.3 Å². The van der Waals surface area contributed by atoms with Gasteiger partial charge in [-0.1, -0.05) is 36.4 Å². The van der Waals surface area contributed by atoms with Crippen molar-refractivity contribution in [3.8, 4) is 5.75 Å². The fourth-order valence-corrected chi connectivity index (χ4v) is 5.12. The van der Waals surface area contributed by atoms with Gasteiger partial charge in [-0.3, -0.25) is 19.4 Å². The highest BCUT2D eigenvalue weighted by atomic mass is 16.3. The Morgan fingerprint density at radius 3 is 2.79 bits per heavy atom. The zero-order valence-electron chi connectivity index (χ0n) is 15.4. The number of rotatable bonds is 0. The van der Waals surface area contributed by atoms with Crippen molar-refractivity contribution in [1.82, 2.24) is 0 Å². The van der Waals surface area contributed by atoms with Crippen LogP contribution in [0.2, 0.25) is 0 Å². The van der Waals surface area contributed by atoms with Gasteiger partial charge < -0.3 is 5.11 Å². The van der Waals surface area contributed by atoms with Gasteiger partial charge in [0.15, 0.2) is 5.78 Å². The van der Waals surface area contributed by atoms with E-state index in [0.29, 0.717) is 39.6 Å². The van der Waals surface area contributed by atoms with Gasteiger partial charge in [-0.05, 0) is 35.1 Å². The molecule has 0 fully saturated rings. The Bertz CT molecular complexity index is 1340. The minimum atomic E-state index is -1.22. The van der Waals surface area contributed by atoms with Gasteiger partial charge in [0.05, 0.1) is 17.8 Å². The number of fused-ring (bicyclic) bond motifs is 3. The minimum Gasteiger partial charge on any atom is -0.507 e. The molecule has 1 N–H and O–H groups in total. The van der Waals surface area contributed by atoms with Gasteiger partial charge in [-0.15, -0.1) is 0 Å². The van der Waals surface area contributed by atoms with E-state index in [9.17, 15) is 19.5 Å². The molecule has 0 radical (unpaired) electrons. The number of carbonyl (C=O) groups is 3. The highest BCUT2D eigenvalue weighted by molar-refractivity contribution is 6.56. The number of aromatic hydroxyl groups is 1. The Hall–Kier alpha value is -3.60. The van der Waals surface area contributed by atoms with Gasteiger partial charge in [-0.2, -0.15) is 0 Å². The third-order valence-corrected chi connectivity index (χ3v) is 6.50. The maximum absolute atomic E-state index is 13.4. The Kier molecular flexibility index (Phi) is 2.97. The van der Waals surface area contributed by atoms with E-state index in [1.54, 1.807) is 30.4 Å². The topological polar surface area (TPSA) is 83.8 Å². The predicted octanol–water partition coefficient (Wildman–Crippen LogP) is 3.26. The fourth-order valence-electron chi connectivity index (χ4n) is 5.12. The van der Waals surface area contributed by atoms with Gasteiger partial charge in [-0.25, -0.2) is 0 Å². The molecule has 1 atom stereocenters. The number of nitrogens with zero attached hydrogens (tertiary/aromatic N) is 1. The molecular weight excluding hydrogens is 366 g/mol. The summed E-state index contributed by atoms with van der Waals surface area (Å²) in [7, 11) is 0. The predicted molar refractivity (Wildman–Crippen MR) is 107 cm³/mol. The normalized spacial score (nSPS) is 24.8. The van der Waals surface area contributed by atoms with Gasteiger partial charge in [0.1, 0.15) is 11.2 Å². The van der Waals surface area contributed by atoms with Crippen molar-refractivity contribution in [2.24, 2.45) is 10.4 Å². The molecule has 2 aromatic carbocycles. The second-order valence-electron chi connectivity index (χ2n) is 7.91. The molecule has 0 saturated carbocycles. The highest BCUT2D eigenvalue weighted by Gasteiger charge is 2.58. The van der Waals surface area contributed by atoms with Crippen molar-refractivity contribution < 1.29 is 19.5 Å². The number of allylic oxidation sites excluding steroid dienone is 5. The standard InChI is InChI=1S/C24H15NO4/c26-18-7-3-5-13-10-24-14(9-16(13)18)11-25-22(24)19-17(21(28)23(24)29)8-12-4-1-2-6-15(12)20(19)27/h1-6,8-9,27H,7,10-11H2. The van der Waals surface area contributed by atoms with Crippen LogP contribution in [-0.2, 0) is 9.59 Å². The molecule has 0 bridgehead atoms. The van der Waals surface area contributed by atoms with Crippen LogP contribution in [0.25, 0.3) is 10.8 Å². The SMILES string of the molecule is O=C1CC=CC2=C1C=C1CN=C3c4c(cc5ccccc5c4O)C(=O)C(=O)C13C2. The molecule has 5 nitrogen and oxygen atoms in total. The summed E-state index contributed by atoms with van der Waals surface area (Å²) < 4.78 is 0. The molecule has 0 saturated heterocycles. The van der Waals surface area contributed by atoms with E-state index in [2.05, 4.69) is 4.99 Å². The fraction of sp³-hybridized carbons (Fsp3) is 0.167. The van der Waals surface area contributed by atoms with Crippen LogP contribution in [0, 0.1) is 5.41 Å². The van der Waals surface area contributed by atoms with Gasteiger partial charge in [0.25, 0.3) is 0 Å². The summed E-state index contributed by atoms with van der Waals surface area (Å²) in [6.45, 7) is 0.244. The molecule has 1 aliphatic heterocycles. The number of hydrogen-bond acceptors (Lipinski definition) is 5. The van der Waals surface area contributed by atoms with Crippen molar-refractivity contribution in [3.63, 3.8) is 0 Å². The summed E-state index contributed by atoms with van der Waals surface area (Å²) in [5.74, 6) is -1.14. The summed E-state index contributed by atoms with van der Waals surface area (Å²) in [6.07, 6.45) is 5.96. The van der Waals surface area contributed by atoms with E-state index in [1.165, 1.54) is 0 Å². The van der Waals surface area contributed by atoms with Crippen LogP contribution in [0.3, 0.4) is 0 Å². The van der Waals surface area contributed by atoms with Crippen molar-refractivity contribution >= 4 is 33.8 Å². The van der Waals surface area contributed by atoms with Crippen molar-refractivity contribution in [3.05, 3.63) is 76.4 Å². The first kappa shape index (κ1) is 16.4. The minimum absolute atomic E-state index is 0.0159. The van der Waals surface area contributed by atoms with E-state index in [-0.39, 0.29) is 30.1 Å². The molecule has 6 rings (SSSR count). The number of phenols is 1. The van der Waals surface area contributed by atoms with Crippen LogP contribution < -0.4 is 0 Å². The second kappa shape index (κ2) is 5.26. The zero-order chi connectivity index (χ0) is 19.9. The molecule has 2 aromatic rings. The molecule has 1 unspecified atom stereocenters. The number of aliphatic imine (C=N–C) groups is 1. The monoisotopic (exact) mass is 381 g/mol. The summed E-state index contributed by atoms with van der Waals surface area (Å²) in [4.78, 5) is 43.6. The number of carbonyl (C=O) groups excluding carboxylic acids is 3. The average Bonchev–Trinajstić information content (AvgIpc) is 3.10. The Labute approximate surface area is 165 Å². The lowest BCUT2D eigenvalue weighted by Crippen LogP contribution is -2.49. The van der Waals surface area contributed by atoms with Crippen LogP contribution in [0.5, 0.6) is 5.75 Å². The van der Waals surface area contributed by atoms with Crippen LogP contribution in [0.1, 0.15) is 28.8 Å². The number of Topliss-reactive ketones (excluding diaryl/α,β-unsaturated/α-hetero) is 3. The lowest BCUT2D eigenvalue weighted by molar-refractivity contribution is -0.120. The first-order valence-corrected chi connectivity index (χ1v) is 9.55. The summed E-state index contributed by atoms with van der Waals surface area (Å²) >= 11 is 0. The van der Waals surface area contributed by atoms with E-state index < -0.39 is 17.0 Å². The van der Waals surface area contributed by atoms with E-state index in [1.807, 2.05) is 18.2 Å². The molecule has 140 valence electrons. The summed E-state index contributed by atoms with van der Waals surface area (Å²) in [6, 6.07) is 8.89. The van der Waals surface area contributed by atoms with Crippen LogP contribution >= 0.6 is 0 Å². The van der Waals surface area contributed by atoms with E-state index in [4.69, 9.17) is 0 Å².